The van der Waals surface area contributed by atoms with Crippen LogP contribution in [0.5, 0.6) is 0 Å². The average Bonchev–Trinajstić information content (AvgIpc) is 2.65. The second-order valence-corrected chi connectivity index (χ2v) is 4.61. The van der Waals surface area contributed by atoms with Crippen LogP contribution in [0.15, 0.2) is 24.3 Å². The molecule has 0 aliphatic rings. The quantitative estimate of drug-likeness (QED) is 0.914. The fourth-order valence-electron chi connectivity index (χ4n) is 1.93. The molecule has 0 aromatic carbocycles. The Balaban J connectivity index is 1.90. The number of hydrogen-bond donors (Lipinski definition) is 1. The van der Waals surface area contributed by atoms with Gasteiger partial charge in [-0.15, -0.1) is 0 Å². The first-order chi connectivity index (χ1) is 9.04. The van der Waals surface area contributed by atoms with E-state index in [1.54, 1.807) is 6.07 Å². The van der Waals surface area contributed by atoms with Crippen molar-refractivity contribution in [3.8, 4) is 0 Å². The number of nitrogens with one attached hydrogen (secondary N) is 1. The van der Waals surface area contributed by atoms with Gasteiger partial charge in [0.2, 0.25) is 5.91 Å². The zero-order valence-electron chi connectivity index (χ0n) is 11.5. The molecule has 5 nitrogen and oxygen atoms in total. The van der Waals surface area contributed by atoms with Crippen LogP contribution < -0.4 is 5.32 Å². The minimum absolute atomic E-state index is 0.0503. The number of aromatic nitrogens is 3. The molecule has 100 valence electrons. The predicted molar refractivity (Wildman–Crippen MR) is 73.9 cm³/mol. The van der Waals surface area contributed by atoms with E-state index in [1.807, 2.05) is 43.7 Å². The van der Waals surface area contributed by atoms with Crippen molar-refractivity contribution in [2.75, 3.05) is 5.32 Å². The molecule has 0 bridgehead atoms. The molecule has 2 heterocycles. The molecule has 0 spiro atoms. The Morgan fingerprint density at radius 3 is 2.68 bits per heavy atom. The first-order valence-corrected chi connectivity index (χ1v) is 6.29. The van der Waals surface area contributed by atoms with E-state index in [1.165, 1.54) is 0 Å². The van der Waals surface area contributed by atoms with Crippen molar-refractivity contribution >= 4 is 11.7 Å². The summed E-state index contributed by atoms with van der Waals surface area (Å²) in [6.07, 6.45) is 0.386. The number of aryl methyl sites for hydroxylation is 4. The molecule has 0 saturated carbocycles. The fraction of sp³-hybridized carbons (Fsp3) is 0.357. The SMILES string of the molecule is Cc1cccc(NC(=O)CCn2nc(C)cc2C)n1. The van der Waals surface area contributed by atoms with Crippen molar-refractivity contribution in [1.29, 1.82) is 0 Å². The predicted octanol–water partition coefficient (Wildman–Crippen LogP) is 2.23. The minimum atomic E-state index is -0.0503. The molecular weight excluding hydrogens is 240 g/mol. The van der Waals surface area contributed by atoms with Gasteiger partial charge in [0.25, 0.3) is 0 Å². The van der Waals surface area contributed by atoms with Crippen molar-refractivity contribution in [3.63, 3.8) is 0 Å². The van der Waals surface area contributed by atoms with E-state index < -0.39 is 0 Å². The van der Waals surface area contributed by atoms with Crippen LogP contribution in [0.25, 0.3) is 0 Å². The summed E-state index contributed by atoms with van der Waals surface area (Å²) in [6, 6.07) is 7.55. The lowest BCUT2D eigenvalue weighted by Crippen LogP contribution is -2.16. The monoisotopic (exact) mass is 258 g/mol. The standard InChI is InChI=1S/C14H18N4O/c1-10-5-4-6-13(15-10)16-14(19)7-8-18-12(3)9-11(2)17-18/h4-6,9H,7-8H2,1-3H3,(H,15,16,19). The van der Waals surface area contributed by atoms with Crippen molar-refractivity contribution < 1.29 is 4.79 Å². The summed E-state index contributed by atoms with van der Waals surface area (Å²) in [5, 5.41) is 7.11. The highest BCUT2D eigenvalue weighted by molar-refractivity contribution is 5.89. The third kappa shape index (κ3) is 3.64. The minimum Gasteiger partial charge on any atom is -0.311 e. The second-order valence-electron chi connectivity index (χ2n) is 4.61. The molecule has 1 amide bonds. The summed E-state index contributed by atoms with van der Waals surface area (Å²) in [7, 11) is 0. The third-order valence-electron chi connectivity index (χ3n) is 2.81. The van der Waals surface area contributed by atoms with E-state index in [2.05, 4.69) is 15.4 Å². The maximum absolute atomic E-state index is 11.8. The number of nitrogens with zero attached hydrogens (tertiary/aromatic N) is 3. The molecular formula is C14H18N4O. The summed E-state index contributed by atoms with van der Waals surface area (Å²) >= 11 is 0. The number of amides is 1. The Hall–Kier alpha value is -2.17. The molecule has 0 radical (unpaired) electrons. The summed E-state index contributed by atoms with van der Waals surface area (Å²) < 4.78 is 1.85. The summed E-state index contributed by atoms with van der Waals surface area (Å²) in [5.41, 5.74) is 2.92. The van der Waals surface area contributed by atoms with Crippen molar-refractivity contribution in [1.82, 2.24) is 14.8 Å². The smallest absolute Gasteiger partial charge is 0.227 e. The van der Waals surface area contributed by atoms with Crippen molar-refractivity contribution in [2.45, 2.75) is 33.7 Å². The summed E-state index contributed by atoms with van der Waals surface area (Å²) in [5.74, 6) is 0.545. The number of pyridine rings is 1. The lowest BCUT2D eigenvalue weighted by molar-refractivity contribution is -0.116. The molecule has 0 atom stereocenters. The van der Waals surface area contributed by atoms with Gasteiger partial charge in [0, 0.05) is 24.4 Å². The number of hydrogen-bond acceptors (Lipinski definition) is 3. The number of rotatable bonds is 4. The molecule has 2 rings (SSSR count). The fourth-order valence-corrected chi connectivity index (χ4v) is 1.93. The highest BCUT2D eigenvalue weighted by atomic mass is 16.1. The molecule has 2 aromatic heterocycles. The Labute approximate surface area is 112 Å². The first kappa shape index (κ1) is 13.3. The number of carbonyl (C=O) groups excluding carboxylic acids is 1. The van der Waals surface area contributed by atoms with E-state index in [4.69, 9.17) is 0 Å². The molecule has 0 aliphatic heterocycles. The molecule has 0 aliphatic carbocycles. The van der Waals surface area contributed by atoms with Crippen LogP contribution in [0, 0.1) is 20.8 Å². The lowest BCUT2D eigenvalue weighted by atomic mass is 10.3. The van der Waals surface area contributed by atoms with Crippen LogP contribution in [-0.2, 0) is 11.3 Å². The summed E-state index contributed by atoms with van der Waals surface area (Å²) in [6.45, 7) is 6.41. The topological polar surface area (TPSA) is 59.8 Å². The van der Waals surface area contributed by atoms with Gasteiger partial charge in [0.05, 0.1) is 5.69 Å². The van der Waals surface area contributed by atoms with Gasteiger partial charge >= 0.3 is 0 Å². The van der Waals surface area contributed by atoms with E-state index in [9.17, 15) is 4.79 Å². The zero-order valence-corrected chi connectivity index (χ0v) is 11.5. The van der Waals surface area contributed by atoms with Gasteiger partial charge in [-0.25, -0.2) is 4.98 Å². The van der Waals surface area contributed by atoms with Crippen molar-refractivity contribution in [2.24, 2.45) is 0 Å². The van der Waals surface area contributed by atoms with Gasteiger partial charge in [-0.1, -0.05) is 6.07 Å². The van der Waals surface area contributed by atoms with E-state index in [-0.39, 0.29) is 5.91 Å². The molecule has 0 saturated heterocycles. The van der Waals surface area contributed by atoms with Gasteiger partial charge < -0.3 is 5.32 Å². The molecule has 5 heteroatoms. The molecule has 0 fully saturated rings. The highest BCUT2D eigenvalue weighted by Crippen LogP contribution is 2.06. The molecule has 1 N–H and O–H groups in total. The van der Waals surface area contributed by atoms with Crippen LogP contribution >= 0.6 is 0 Å². The maximum Gasteiger partial charge on any atom is 0.227 e. The van der Waals surface area contributed by atoms with Gasteiger partial charge in [-0.05, 0) is 39.0 Å². The van der Waals surface area contributed by atoms with Gasteiger partial charge in [0.1, 0.15) is 5.82 Å². The van der Waals surface area contributed by atoms with Gasteiger partial charge in [0.15, 0.2) is 0 Å². The lowest BCUT2D eigenvalue weighted by Gasteiger charge is -2.06. The molecule has 2 aromatic rings. The Kier molecular flexibility index (Phi) is 3.94. The zero-order chi connectivity index (χ0) is 13.8. The summed E-state index contributed by atoms with van der Waals surface area (Å²) in [4.78, 5) is 16.1. The second kappa shape index (κ2) is 5.65. The van der Waals surface area contributed by atoms with Gasteiger partial charge in [-0.3, -0.25) is 9.48 Å². The average molecular weight is 258 g/mol. The Morgan fingerprint density at radius 2 is 2.05 bits per heavy atom. The Bertz CT molecular complexity index is 589. The van der Waals surface area contributed by atoms with Crippen LogP contribution in [0.1, 0.15) is 23.5 Å². The van der Waals surface area contributed by atoms with Gasteiger partial charge in [-0.2, -0.15) is 5.10 Å². The number of anilines is 1. The van der Waals surface area contributed by atoms with E-state index in [0.717, 1.165) is 17.1 Å². The molecule has 19 heavy (non-hydrogen) atoms. The number of carbonyl (C=O) groups is 1. The van der Waals surface area contributed by atoms with E-state index >= 15 is 0 Å². The van der Waals surface area contributed by atoms with Crippen molar-refractivity contribution in [3.05, 3.63) is 41.3 Å². The highest BCUT2D eigenvalue weighted by Gasteiger charge is 2.06. The Morgan fingerprint density at radius 1 is 1.26 bits per heavy atom. The normalized spacial score (nSPS) is 10.5. The molecule has 0 unspecified atom stereocenters. The van der Waals surface area contributed by atoms with E-state index in [0.29, 0.717) is 18.8 Å². The van der Waals surface area contributed by atoms with Crippen LogP contribution in [0.3, 0.4) is 0 Å². The van der Waals surface area contributed by atoms with Crippen LogP contribution in [0.4, 0.5) is 5.82 Å². The first-order valence-electron chi connectivity index (χ1n) is 6.29. The third-order valence-corrected chi connectivity index (χ3v) is 2.81. The van der Waals surface area contributed by atoms with Crippen LogP contribution in [0.2, 0.25) is 0 Å². The van der Waals surface area contributed by atoms with Crippen LogP contribution in [-0.4, -0.2) is 20.7 Å². The maximum atomic E-state index is 11.8. The largest absolute Gasteiger partial charge is 0.311 e.